The molecule has 0 spiro atoms. The van der Waals surface area contributed by atoms with Crippen LogP contribution in [-0.4, -0.2) is 48.5 Å². The van der Waals surface area contributed by atoms with Crippen LogP contribution < -0.4 is 14.4 Å². The zero-order valence-corrected chi connectivity index (χ0v) is 23.0. The lowest BCUT2D eigenvalue weighted by atomic mass is 10.0. The van der Waals surface area contributed by atoms with Crippen molar-refractivity contribution in [3.8, 4) is 17.6 Å². The Morgan fingerprint density at radius 2 is 1.83 bits per heavy atom. The van der Waals surface area contributed by atoms with Gasteiger partial charge in [0.15, 0.2) is 11.5 Å². The third kappa shape index (κ3) is 7.31. The number of nitro groups is 1. The first kappa shape index (κ1) is 28.9. The van der Waals surface area contributed by atoms with Crippen molar-refractivity contribution in [3.63, 3.8) is 0 Å². The molecule has 1 heterocycles. The summed E-state index contributed by atoms with van der Waals surface area (Å²) >= 11 is 0. The van der Waals surface area contributed by atoms with E-state index in [-0.39, 0.29) is 23.8 Å². The summed E-state index contributed by atoms with van der Waals surface area (Å²) in [5.41, 5.74) is 3.15. The zero-order chi connectivity index (χ0) is 29.2. The topological polar surface area (TPSA) is 109 Å². The van der Waals surface area contributed by atoms with Crippen LogP contribution in [-0.2, 0) is 17.8 Å². The Balaban J connectivity index is 1.55. The van der Waals surface area contributed by atoms with E-state index in [1.807, 2.05) is 43.3 Å². The van der Waals surface area contributed by atoms with Gasteiger partial charge in [-0.1, -0.05) is 36.4 Å². The van der Waals surface area contributed by atoms with E-state index in [2.05, 4.69) is 17.5 Å². The van der Waals surface area contributed by atoms with Gasteiger partial charge in [0.2, 0.25) is 0 Å². The highest BCUT2D eigenvalue weighted by Gasteiger charge is 2.24. The summed E-state index contributed by atoms with van der Waals surface area (Å²) in [5.74, 6) is 0.622. The van der Waals surface area contributed by atoms with Crippen LogP contribution in [0.5, 0.6) is 11.5 Å². The maximum Gasteiger partial charge on any atom is 0.269 e. The first-order valence-electron chi connectivity index (χ1n) is 13.4. The Kier molecular flexibility index (Phi) is 9.73. The van der Waals surface area contributed by atoms with Crippen molar-refractivity contribution < 1.29 is 19.2 Å². The van der Waals surface area contributed by atoms with Gasteiger partial charge in [0.25, 0.3) is 11.6 Å². The van der Waals surface area contributed by atoms with Crippen molar-refractivity contribution in [2.24, 2.45) is 0 Å². The van der Waals surface area contributed by atoms with E-state index in [9.17, 15) is 20.2 Å². The first-order valence-corrected chi connectivity index (χ1v) is 13.4. The highest BCUT2D eigenvalue weighted by atomic mass is 16.6. The molecule has 0 saturated carbocycles. The van der Waals surface area contributed by atoms with Crippen molar-refractivity contribution >= 4 is 23.4 Å². The van der Waals surface area contributed by atoms with Gasteiger partial charge in [-0.2, -0.15) is 5.26 Å². The Hall–Kier alpha value is -5.10. The van der Waals surface area contributed by atoms with Crippen LogP contribution in [0.4, 0.5) is 11.4 Å². The SMILES string of the molecule is C=CCc1cc(/C=C(/C#N)C(=O)N2CCN(c3ccccc3)CC2)cc(OCC)c1OCc1cccc([N+](=O)[O-])c1. The summed E-state index contributed by atoms with van der Waals surface area (Å²) in [5, 5.41) is 21.0. The molecule has 9 heteroatoms. The summed E-state index contributed by atoms with van der Waals surface area (Å²) in [6.07, 6.45) is 3.75. The Morgan fingerprint density at radius 3 is 2.49 bits per heavy atom. The molecule has 1 amide bonds. The average Bonchev–Trinajstić information content (AvgIpc) is 3.00. The van der Waals surface area contributed by atoms with Gasteiger partial charge in [-0.15, -0.1) is 6.58 Å². The average molecular weight is 553 g/mol. The minimum Gasteiger partial charge on any atom is -0.490 e. The maximum absolute atomic E-state index is 13.3. The second-order valence-corrected chi connectivity index (χ2v) is 9.43. The standard InChI is InChI=1S/C32H32N4O5/c1-3-9-26-18-25(21-30(40-4-2)31(26)41-23-24-10-8-13-29(20-24)36(38)39)19-27(22-33)32(37)35-16-14-34(15-17-35)28-11-6-5-7-12-28/h3,5-8,10-13,18-21H,1,4,9,14-17,23H2,2H3/b27-19-. The number of piperazine rings is 1. The molecule has 4 rings (SSSR count). The second kappa shape index (κ2) is 13.8. The highest BCUT2D eigenvalue weighted by Crippen LogP contribution is 2.35. The minimum absolute atomic E-state index is 0.0156. The highest BCUT2D eigenvalue weighted by molar-refractivity contribution is 6.02. The zero-order valence-electron chi connectivity index (χ0n) is 23.0. The number of rotatable bonds is 11. The van der Waals surface area contributed by atoms with E-state index >= 15 is 0 Å². The summed E-state index contributed by atoms with van der Waals surface area (Å²) < 4.78 is 12.0. The molecule has 0 bridgehead atoms. The first-order chi connectivity index (χ1) is 19.9. The lowest BCUT2D eigenvalue weighted by Crippen LogP contribution is -2.49. The van der Waals surface area contributed by atoms with Crippen LogP contribution in [0.25, 0.3) is 6.08 Å². The Labute approximate surface area is 239 Å². The Bertz CT molecular complexity index is 1470. The van der Waals surface area contributed by atoms with E-state index in [0.717, 1.165) is 11.3 Å². The lowest BCUT2D eigenvalue weighted by Gasteiger charge is -2.36. The lowest BCUT2D eigenvalue weighted by molar-refractivity contribution is -0.384. The number of anilines is 1. The van der Waals surface area contributed by atoms with Crippen LogP contribution in [0.1, 0.15) is 23.6 Å². The van der Waals surface area contributed by atoms with Gasteiger partial charge < -0.3 is 19.3 Å². The minimum atomic E-state index is -0.448. The predicted molar refractivity (Wildman–Crippen MR) is 158 cm³/mol. The fraction of sp³-hybridized carbons (Fsp3) is 0.250. The van der Waals surface area contributed by atoms with Crippen LogP contribution in [0.3, 0.4) is 0 Å². The number of hydrogen-bond acceptors (Lipinski definition) is 7. The van der Waals surface area contributed by atoms with Crippen molar-refractivity contribution in [3.05, 3.63) is 112 Å². The molecule has 0 aliphatic carbocycles. The normalized spacial score (nSPS) is 13.3. The molecule has 0 radical (unpaired) electrons. The summed E-state index contributed by atoms with van der Waals surface area (Å²) in [6, 6.07) is 22.0. The van der Waals surface area contributed by atoms with E-state index in [1.165, 1.54) is 12.1 Å². The van der Waals surface area contributed by atoms with E-state index in [0.29, 0.717) is 61.8 Å². The number of non-ortho nitro benzene ring substituents is 1. The fourth-order valence-electron chi connectivity index (χ4n) is 4.70. The molecular weight excluding hydrogens is 520 g/mol. The third-order valence-corrected chi connectivity index (χ3v) is 6.67. The number of carbonyl (C=O) groups excluding carboxylic acids is 1. The molecule has 41 heavy (non-hydrogen) atoms. The molecule has 9 nitrogen and oxygen atoms in total. The molecular formula is C32H32N4O5. The number of nitriles is 1. The van der Waals surface area contributed by atoms with Gasteiger partial charge in [0.05, 0.1) is 11.5 Å². The molecule has 0 aromatic heterocycles. The molecule has 1 aliphatic heterocycles. The predicted octanol–water partition coefficient (Wildman–Crippen LogP) is 5.56. The van der Waals surface area contributed by atoms with Gasteiger partial charge in [0.1, 0.15) is 18.2 Å². The van der Waals surface area contributed by atoms with Crippen LogP contribution >= 0.6 is 0 Å². The van der Waals surface area contributed by atoms with Gasteiger partial charge in [-0.05, 0) is 54.8 Å². The van der Waals surface area contributed by atoms with Gasteiger partial charge in [-0.3, -0.25) is 14.9 Å². The smallest absolute Gasteiger partial charge is 0.269 e. The van der Waals surface area contributed by atoms with Crippen molar-refractivity contribution in [1.82, 2.24) is 4.90 Å². The van der Waals surface area contributed by atoms with Crippen LogP contribution in [0.2, 0.25) is 0 Å². The number of benzene rings is 3. The molecule has 0 unspecified atom stereocenters. The molecule has 210 valence electrons. The maximum atomic E-state index is 13.3. The number of amides is 1. The van der Waals surface area contributed by atoms with E-state index in [1.54, 1.807) is 35.3 Å². The number of para-hydroxylation sites is 1. The summed E-state index contributed by atoms with van der Waals surface area (Å²) in [6.45, 7) is 8.55. The molecule has 0 atom stereocenters. The van der Waals surface area contributed by atoms with Crippen molar-refractivity contribution in [2.45, 2.75) is 20.0 Å². The number of hydrogen-bond donors (Lipinski definition) is 0. The molecule has 3 aromatic rings. The van der Waals surface area contributed by atoms with Crippen LogP contribution in [0, 0.1) is 21.4 Å². The molecule has 0 N–H and O–H groups in total. The summed E-state index contributed by atoms with van der Waals surface area (Å²) in [4.78, 5) is 27.9. The van der Waals surface area contributed by atoms with Crippen LogP contribution in [0.15, 0.2) is 85.0 Å². The third-order valence-electron chi connectivity index (χ3n) is 6.67. The number of allylic oxidation sites excluding steroid dienone is 1. The van der Waals surface area contributed by atoms with E-state index in [4.69, 9.17) is 9.47 Å². The molecule has 3 aromatic carbocycles. The quantitative estimate of drug-likeness (QED) is 0.101. The van der Waals surface area contributed by atoms with Gasteiger partial charge >= 0.3 is 0 Å². The number of ether oxygens (including phenoxy) is 2. The van der Waals surface area contributed by atoms with Crippen molar-refractivity contribution in [2.75, 3.05) is 37.7 Å². The monoisotopic (exact) mass is 552 g/mol. The van der Waals surface area contributed by atoms with Gasteiger partial charge in [0, 0.05) is 49.6 Å². The largest absolute Gasteiger partial charge is 0.490 e. The summed E-state index contributed by atoms with van der Waals surface area (Å²) in [7, 11) is 0. The molecule has 1 aliphatic rings. The molecule has 1 saturated heterocycles. The number of nitro benzene ring substituents is 1. The molecule has 1 fully saturated rings. The van der Waals surface area contributed by atoms with Gasteiger partial charge in [-0.25, -0.2) is 0 Å². The Morgan fingerprint density at radius 1 is 1.07 bits per heavy atom. The van der Waals surface area contributed by atoms with Crippen molar-refractivity contribution in [1.29, 1.82) is 5.26 Å². The fourth-order valence-corrected chi connectivity index (χ4v) is 4.70. The van der Waals surface area contributed by atoms with E-state index < -0.39 is 4.92 Å². The number of nitrogens with zero attached hydrogens (tertiary/aromatic N) is 4. The number of carbonyl (C=O) groups is 1. The second-order valence-electron chi connectivity index (χ2n) is 9.43.